The first kappa shape index (κ1) is 11.2. The molecule has 6 heteroatoms. The Labute approximate surface area is 88.4 Å². The lowest BCUT2D eigenvalue weighted by Crippen LogP contribution is -2.07. The molecule has 0 aromatic heterocycles. The number of rotatable bonds is 3. The fourth-order valence-electron chi connectivity index (χ4n) is 1.05. The predicted octanol–water partition coefficient (Wildman–Crippen LogP) is 1.78. The highest BCUT2D eigenvalue weighted by Gasteiger charge is 2.16. The molecule has 0 spiro atoms. The van der Waals surface area contributed by atoms with Crippen molar-refractivity contribution in [1.82, 2.24) is 5.48 Å². The highest BCUT2D eigenvalue weighted by Crippen LogP contribution is 2.36. The summed E-state index contributed by atoms with van der Waals surface area (Å²) >= 11 is 3.08. The molecule has 1 aromatic rings. The first-order valence-corrected chi connectivity index (χ1v) is 4.52. The fraction of sp³-hybridized carbons (Fsp3) is 0.250. The molecule has 0 aliphatic rings. The molecule has 0 fully saturated rings. The lowest BCUT2D eigenvalue weighted by atomic mass is 10.2. The molecule has 0 aliphatic heterocycles. The summed E-state index contributed by atoms with van der Waals surface area (Å²) in [5, 5.41) is 17.8. The second kappa shape index (κ2) is 4.59. The van der Waals surface area contributed by atoms with E-state index in [1.54, 1.807) is 0 Å². The van der Waals surface area contributed by atoms with Gasteiger partial charge in [-0.2, -0.15) is 4.39 Å². The molecule has 14 heavy (non-hydrogen) atoms. The Balaban J connectivity index is 3.25. The Bertz CT molecular complexity index is 346. The van der Waals surface area contributed by atoms with Crippen molar-refractivity contribution in [3.05, 3.63) is 21.9 Å². The second-order valence-corrected chi connectivity index (χ2v) is 3.40. The van der Waals surface area contributed by atoms with Crippen LogP contribution < -0.4 is 10.2 Å². The van der Waals surface area contributed by atoms with Gasteiger partial charge in [0.15, 0.2) is 11.5 Å². The summed E-state index contributed by atoms with van der Waals surface area (Å²) in [4.78, 5) is 0. The second-order valence-electron chi connectivity index (χ2n) is 2.55. The van der Waals surface area contributed by atoms with Crippen molar-refractivity contribution >= 4 is 15.9 Å². The lowest BCUT2D eigenvalue weighted by Gasteiger charge is -2.10. The average molecular weight is 266 g/mol. The Morgan fingerprint density at radius 1 is 1.64 bits per heavy atom. The summed E-state index contributed by atoms with van der Waals surface area (Å²) < 4.78 is 18.4. The molecular formula is C8H9BrFNO3. The molecule has 1 rings (SSSR count). The lowest BCUT2D eigenvalue weighted by molar-refractivity contribution is 0.160. The Hall–Kier alpha value is -0.850. The van der Waals surface area contributed by atoms with Crippen LogP contribution in [0.15, 0.2) is 10.5 Å². The third-order valence-corrected chi connectivity index (χ3v) is 2.29. The van der Waals surface area contributed by atoms with Gasteiger partial charge in [0.2, 0.25) is 5.82 Å². The van der Waals surface area contributed by atoms with Gasteiger partial charge >= 0.3 is 0 Å². The number of hydrogen-bond donors (Lipinski definition) is 3. The Morgan fingerprint density at radius 3 is 2.79 bits per heavy atom. The topological polar surface area (TPSA) is 61.7 Å². The predicted molar refractivity (Wildman–Crippen MR) is 50.9 cm³/mol. The standard InChI is InChI=1S/C8H9BrFNO3/c1-14-8-5(9)2-4(3-11-13)7(12)6(8)10/h2,11-13H,3H2,1H3. The van der Waals surface area contributed by atoms with E-state index in [1.807, 2.05) is 5.48 Å². The van der Waals surface area contributed by atoms with Crippen LogP contribution in [0, 0.1) is 5.82 Å². The van der Waals surface area contributed by atoms with Gasteiger partial charge in [-0.3, -0.25) is 0 Å². The molecule has 0 unspecified atom stereocenters. The molecule has 0 atom stereocenters. The molecule has 0 saturated carbocycles. The van der Waals surface area contributed by atoms with Crippen molar-refractivity contribution in [1.29, 1.82) is 0 Å². The minimum absolute atomic E-state index is 0.0503. The van der Waals surface area contributed by atoms with Crippen LogP contribution in [0.2, 0.25) is 0 Å². The minimum atomic E-state index is -0.855. The van der Waals surface area contributed by atoms with Gasteiger partial charge in [0, 0.05) is 12.1 Å². The monoisotopic (exact) mass is 265 g/mol. The largest absolute Gasteiger partial charge is 0.504 e. The number of ether oxygens (including phenoxy) is 1. The zero-order valence-corrected chi connectivity index (χ0v) is 8.93. The van der Waals surface area contributed by atoms with Crippen LogP contribution in [-0.4, -0.2) is 17.4 Å². The van der Waals surface area contributed by atoms with Crippen molar-refractivity contribution in [3.63, 3.8) is 0 Å². The zero-order chi connectivity index (χ0) is 10.7. The molecule has 3 N–H and O–H groups in total. The van der Waals surface area contributed by atoms with E-state index in [2.05, 4.69) is 15.9 Å². The van der Waals surface area contributed by atoms with Crippen LogP contribution in [0.4, 0.5) is 4.39 Å². The first-order chi connectivity index (χ1) is 6.61. The van der Waals surface area contributed by atoms with Gasteiger partial charge in [-0.1, -0.05) is 0 Å². The van der Waals surface area contributed by atoms with E-state index in [1.165, 1.54) is 13.2 Å². The van der Waals surface area contributed by atoms with Gasteiger partial charge in [0.05, 0.1) is 11.6 Å². The summed E-state index contributed by atoms with van der Waals surface area (Å²) in [6, 6.07) is 1.46. The quantitative estimate of drug-likeness (QED) is 0.730. The smallest absolute Gasteiger partial charge is 0.208 e. The Kier molecular flexibility index (Phi) is 3.68. The van der Waals surface area contributed by atoms with E-state index < -0.39 is 11.6 Å². The summed E-state index contributed by atoms with van der Waals surface area (Å²) in [6.07, 6.45) is 0. The number of benzene rings is 1. The maximum atomic E-state index is 13.3. The van der Waals surface area contributed by atoms with Gasteiger partial charge in [-0.25, -0.2) is 5.48 Å². The number of phenolic OH excluding ortho intramolecular Hbond substituents is 1. The third-order valence-electron chi connectivity index (χ3n) is 1.70. The van der Waals surface area contributed by atoms with Crippen molar-refractivity contribution in [2.24, 2.45) is 0 Å². The third kappa shape index (κ3) is 1.97. The van der Waals surface area contributed by atoms with E-state index in [0.29, 0.717) is 4.47 Å². The summed E-state index contributed by atoms with van der Waals surface area (Å²) in [5.41, 5.74) is 2.06. The van der Waals surface area contributed by atoms with Crippen molar-refractivity contribution < 1.29 is 19.4 Å². The van der Waals surface area contributed by atoms with Crippen LogP contribution in [0.1, 0.15) is 5.56 Å². The van der Waals surface area contributed by atoms with Crippen LogP contribution in [-0.2, 0) is 6.54 Å². The molecule has 0 bridgehead atoms. The number of aromatic hydroxyl groups is 1. The van der Waals surface area contributed by atoms with Gasteiger partial charge in [-0.15, -0.1) is 0 Å². The van der Waals surface area contributed by atoms with E-state index >= 15 is 0 Å². The number of hydrogen-bond acceptors (Lipinski definition) is 4. The highest BCUT2D eigenvalue weighted by molar-refractivity contribution is 9.10. The van der Waals surface area contributed by atoms with Crippen LogP contribution in [0.5, 0.6) is 11.5 Å². The zero-order valence-electron chi connectivity index (χ0n) is 7.34. The Morgan fingerprint density at radius 2 is 2.29 bits per heavy atom. The first-order valence-electron chi connectivity index (χ1n) is 3.72. The van der Waals surface area contributed by atoms with E-state index in [-0.39, 0.29) is 17.9 Å². The van der Waals surface area contributed by atoms with Gasteiger partial charge < -0.3 is 15.1 Å². The van der Waals surface area contributed by atoms with E-state index in [0.717, 1.165) is 0 Å². The van der Waals surface area contributed by atoms with Gasteiger partial charge in [0.25, 0.3) is 0 Å². The van der Waals surface area contributed by atoms with Crippen LogP contribution >= 0.6 is 15.9 Å². The minimum Gasteiger partial charge on any atom is -0.504 e. The summed E-state index contributed by atoms with van der Waals surface area (Å²) in [6.45, 7) is -0.0503. The number of phenols is 1. The van der Waals surface area contributed by atoms with Gasteiger partial charge in [0.1, 0.15) is 0 Å². The number of halogens is 2. The highest BCUT2D eigenvalue weighted by atomic mass is 79.9. The van der Waals surface area contributed by atoms with E-state index in [9.17, 15) is 9.50 Å². The van der Waals surface area contributed by atoms with Crippen LogP contribution in [0.25, 0.3) is 0 Å². The summed E-state index contributed by atoms with van der Waals surface area (Å²) in [5.74, 6) is -1.46. The summed E-state index contributed by atoms with van der Waals surface area (Å²) in [7, 11) is 1.30. The van der Waals surface area contributed by atoms with Crippen molar-refractivity contribution in [3.8, 4) is 11.5 Å². The molecule has 0 radical (unpaired) electrons. The maximum absolute atomic E-state index is 13.3. The molecule has 0 heterocycles. The molecule has 4 nitrogen and oxygen atoms in total. The fourth-order valence-corrected chi connectivity index (χ4v) is 1.66. The molecule has 78 valence electrons. The average Bonchev–Trinajstić information content (AvgIpc) is 2.15. The molecule has 0 amide bonds. The van der Waals surface area contributed by atoms with Gasteiger partial charge in [-0.05, 0) is 22.0 Å². The molecule has 0 saturated heterocycles. The van der Waals surface area contributed by atoms with Crippen molar-refractivity contribution in [2.45, 2.75) is 6.54 Å². The van der Waals surface area contributed by atoms with Crippen molar-refractivity contribution in [2.75, 3.05) is 7.11 Å². The molecule has 0 aliphatic carbocycles. The molecular weight excluding hydrogens is 257 g/mol. The number of nitrogens with one attached hydrogen (secondary N) is 1. The molecule has 1 aromatic carbocycles. The van der Waals surface area contributed by atoms with Crippen LogP contribution in [0.3, 0.4) is 0 Å². The maximum Gasteiger partial charge on any atom is 0.208 e. The van der Waals surface area contributed by atoms with E-state index in [4.69, 9.17) is 9.94 Å². The normalized spacial score (nSPS) is 10.3. The number of hydroxylamine groups is 1. The SMILES string of the molecule is COc1c(Br)cc(CNO)c(O)c1F. The number of methoxy groups -OCH3 is 1.